The highest BCUT2D eigenvalue weighted by Gasteiger charge is 2.07. The van der Waals surface area contributed by atoms with Gasteiger partial charge in [0.05, 0.1) is 6.42 Å². The topological polar surface area (TPSA) is 79.8 Å². The Morgan fingerprint density at radius 1 is 0.933 bits per heavy atom. The number of rotatable bonds is 8. The first-order chi connectivity index (χ1) is 14.5. The Bertz CT molecular complexity index is 1050. The summed E-state index contributed by atoms with van der Waals surface area (Å²) in [6, 6.07) is 21.2. The predicted octanol–water partition coefficient (Wildman–Crippen LogP) is 4.30. The lowest BCUT2D eigenvalue weighted by molar-refractivity contribution is -0.123. The summed E-state index contributed by atoms with van der Waals surface area (Å²) in [5.41, 5.74) is 4.87. The molecule has 0 radical (unpaired) electrons. The van der Waals surface area contributed by atoms with E-state index >= 15 is 0 Å². The summed E-state index contributed by atoms with van der Waals surface area (Å²) in [6.07, 6.45) is 1.03. The zero-order valence-corrected chi connectivity index (χ0v) is 17.1. The molecule has 0 aliphatic carbocycles. The Morgan fingerprint density at radius 2 is 1.67 bits per heavy atom. The zero-order valence-electron chi connectivity index (χ0n) is 17.1. The third-order valence-corrected chi connectivity index (χ3v) is 4.54. The summed E-state index contributed by atoms with van der Waals surface area (Å²) in [7, 11) is 0. The van der Waals surface area contributed by atoms with E-state index < -0.39 is 5.91 Å². The van der Waals surface area contributed by atoms with E-state index in [4.69, 9.17) is 4.74 Å². The summed E-state index contributed by atoms with van der Waals surface area (Å²) < 4.78 is 5.63. The molecule has 2 N–H and O–H groups in total. The molecular formula is C24H25N3O3. The fourth-order valence-corrected chi connectivity index (χ4v) is 2.96. The second kappa shape index (κ2) is 10.2. The molecule has 2 amide bonds. The van der Waals surface area contributed by atoms with E-state index in [2.05, 4.69) is 22.8 Å². The molecule has 0 fully saturated rings. The van der Waals surface area contributed by atoms with Gasteiger partial charge in [0, 0.05) is 16.8 Å². The first-order valence-electron chi connectivity index (χ1n) is 9.86. The second-order valence-electron chi connectivity index (χ2n) is 6.92. The molecular weight excluding hydrogens is 378 g/mol. The molecule has 0 aromatic heterocycles. The number of carbonyl (C=O) groups excluding carboxylic acids is 2. The van der Waals surface area contributed by atoms with Crippen LogP contribution >= 0.6 is 0 Å². The van der Waals surface area contributed by atoms with E-state index in [1.54, 1.807) is 6.92 Å². The smallest absolute Gasteiger partial charge is 0.277 e. The Labute approximate surface area is 175 Å². The Hall–Kier alpha value is -3.67. The average molecular weight is 403 g/mol. The quantitative estimate of drug-likeness (QED) is 0.435. The lowest BCUT2D eigenvalue weighted by Gasteiger charge is -2.09. The van der Waals surface area contributed by atoms with Crippen LogP contribution < -0.4 is 15.5 Å². The molecule has 154 valence electrons. The number of benzene rings is 3. The van der Waals surface area contributed by atoms with Crippen molar-refractivity contribution in [2.45, 2.75) is 26.7 Å². The SMILES string of the molecule is CCc1ccc(NC(=O)C/C(C)=N\NC(=O)COc2cccc3ccccc23)cc1. The second-order valence-corrected chi connectivity index (χ2v) is 6.92. The van der Waals surface area contributed by atoms with Gasteiger partial charge in [-0.3, -0.25) is 9.59 Å². The summed E-state index contributed by atoms with van der Waals surface area (Å²) >= 11 is 0. The van der Waals surface area contributed by atoms with Crippen LogP contribution in [0.2, 0.25) is 0 Å². The van der Waals surface area contributed by atoms with Crippen LogP contribution in [0.3, 0.4) is 0 Å². The number of carbonyl (C=O) groups is 2. The maximum Gasteiger partial charge on any atom is 0.277 e. The molecule has 6 heteroatoms. The highest BCUT2D eigenvalue weighted by molar-refractivity contribution is 6.05. The Morgan fingerprint density at radius 3 is 2.43 bits per heavy atom. The van der Waals surface area contributed by atoms with Crippen molar-refractivity contribution in [2.75, 3.05) is 11.9 Å². The van der Waals surface area contributed by atoms with Crippen molar-refractivity contribution in [3.63, 3.8) is 0 Å². The highest BCUT2D eigenvalue weighted by atomic mass is 16.5. The van der Waals surface area contributed by atoms with Crippen LogP contribution in [-0.4, -0.2) is 24.1 Å². The minimum absolute atomic E-state index is 0.0833. The van der Waals surface area contributed by atoms with Crippen molar-refractivity contribution in [3.8, 4) is 5.75 Å². The van der Waals surface area contributed by atoms with Gasteiger partial charge in [-0.15, -0.1) is 0 Å². The van der Waals surface area contributed by atoms with Crippen LogP contribution in [0.5, 0.6) is 5.75 Å². The van der Waals surface area contributed by atoms with Crippen LogP contribution in [-0.2, 0) is 16.0 Å². The van der Waals surface area contributed by atoms with Crippen molar-refractivity contribution >= 4 is 34.0 Å². The van der Waals surface area contributed by atoms with Crippen molar-refractivity contribution < 1.29 is 14.3 Å². The van der Waals surface area contributed by atoms with Gasteiger partial charge >= 0.3 is 0 Å². The van der Waals surface area contributed by atoms with Gasteiger partial charge in [0.2, 0.25) is 5.91 Å². The molecule has 0 spiro atoms. The Kier molecular flexibility index (Phi) is 7.16. The lowest BCUT2D eigenvalue weighted by Crippen LogP contribution is -2.26. The molecule has 0 aliphatic heterocycles. The minimum atomic E-state index is -0.391. The van der Waals surface area contributed by atoms with Crippen molar-refractivity contribution in [1.82, 2.24) is 5.43 Å². The number of nitrogens with zero attached hydrogens (tertiary/aromatic N) is 1. The number of hydrogen-bond donors (Lipinski definition) is 2. The normalized spacial score (nSPS) is 11.2. The van der Waals surface area contributed by atoms with Crippen LogP contribution in [0.15, 0.2) is 71.8 Å². The molecule has 3 rings (SSSR count). The van der Waals surface area contributed by atoms with E-state index in [1.165, 1.54) is 5.56 Å². The lowest BCUT2D eigenvalue weighted by atomic mass is 10.1. The number of amides is 2. The van der Waals surface area contributed by atoms with Gasteiger partial charge < -0.3 is 10.1 Å². The number of fused-ring (bicyclic) bond motifs is 1. The van der Waals surface area contributed by atoms with Crippen LogP contribution in [0.1, 0.15) is 25.8 Å². The fourth-order valence-electron chi connectivity index (χ4n) is 2.96. The van der Waals surface area contributed by atoms with Gasteiger partial charge in [-0.1, -0.05) is 55.5 Å². The fraction of sp³-hybridized carbons (Fsp3) is 0.208. The van der Waals surface area contributed by atoms with Gasteiger partial charge in [-0.05, 0) is 42.5 Å². The average Bonchev–Trinajstić information content (AvgIpc) is 2.76. The van der Waals surface area contributed by atoms with E-state index in [9.17, 15) is 9.59 Å². The van der Waals surface area contributed by atoms with Crippen molar-refractivity contribution in [1.29, 1.82) is 0 Å². The van der Waals surface area contributed by atoms with E-state index in [0.29, 0.717) is 11.5 Å². The van der Waals surface area contributed by atoms with E-state index in [0.717, 1.165) is 22.9 Å². The van der Waals surface area contributed by atoms with Gasteiger partial charge in [0.15, 0.2) is 6.61 Å². The summed E-state index contributed by atoms with van der Waals surface area (Å²) in [5, 5.41) is 8.78. The molecule has 3 aromatic rings. The first-order valence-corrected chi connectivity index (χ1v) is 9.86. The molecule has 0 bridgehead atoms. The highest BCUT2D eigenvalue weighted by Crippen LogP contribution is 2.24. The van der Waals surface area contributed by atoms with Gasteiger partial charge in [-0.2, -0.15) is 5.10 Å². The molecule has 0 saturated carbocycles. The van der Waals surface area contributed by atoms with Gasteiger partial charge in [0.1, 0.15) is 5.75 Å². The monoisotopic (exact) mass is 403 g/mol. The maximum absolute atomic E-state index is 12.1. The molecule has 0 saturated heterocycles. The van der Waals surface area contributed by atoms with Gasteiger partial charge in [0.25, 0.3) is 5.91 Å². The number of nitrogens with one attached hydrogen (secondary N) is 2. The standard InChI is InChI=1S/C24H25N3O3/c1-3-18-11-13-20(14-12-18)25-23(28)15-17(2)26-27-24(29)16-30-22-10-6-8-19-7-4-5-9-21(19)22/h4-14H,3,15-16H2,1-2H3,(H,25,28)(H,27,29)/b26-17-. The minimum Gasteiger partial charge on any atom is -0.483 e. The molecule has 0 aliphatic rings. The third kappa shape index (κ3) is 5.91. The van der Waals surface area contributed by atoms with Crippen molar-refractivity contribution in [3.05, 3.63) is 72.3 Å². The van der Waals surface area contributed by atoms with E-state index in [1.807, 2.05) is 66.7 Å². The third-order valence-electron chi connectivity index (χ3n) is 4.54. The largest absolute Gasteiger partial charge is 0.483 e. The maximum atomic E-state index is 12.1. The van der Waals surface area contributed by atoms with Crippen LogP contribution in [0.4, 0.5) is 5.69 Å². The molecule has 0 atom stereocenters. The van der Waals surface area contributed by atoms with Crippen LogP contribution in [0.25, 0.3) is 10.8 Å². The number of aryl methyl sites for hydroxylation is 1. The number of hydrogen-bond acceptors (Lipinski definition) is 4. The van der Waals surface area contributed by atoms with Crippen LogP contribution in [0, 0.1) is 0 Å². The number of anilines is 1. The molecule has 0 heterocycles. The number of hydrazone groups is 1. The predicted molar refractivity (Wildman–Crippen MR) is 120 cm³/mol. The van der Waals surface area contributed by atoms with E-state index in [-0.39, 0.29) is 18.9 Å². The van der Waals surface area contributed by atoms with Gasteiger partial charge in [-0.25, -0.2) is 5.43 Å². The summed E-state index contributed by atoms with van der Waals surface area (Å²) in [6.45, 7) is 3.60. The first kappa shape index (κ1) is 21.0. The molecule has 0 unspecified atom stereocenters. The molecule has 30 heavy (non-hydrogen) atoms. The summed E-state index contributed by atoms with van der Waals surface area (Å²) in [5.74, 6) is 0.0528. The van der Waals surface area contributed by atoms with Crippen molar-refractivity contribution in [2.24, 2.45) is 5.10 Å². The number of ether oxygens (including phenoxy) is 1. The summed E-state index contributed by atoms with van der Waals surface area (Å²) in [4.78, 5) is 24.2. The molecule has 6 nitrogen and oxygen atoms in total. The Balaban J connectivity index is 1.47. The molecule has 3 aromatic carbocycles. The zero-order chi connectivity index (χ0) is 21.3.